The van der Waals surface area contributed by atoms with Gasteiger partial charge in [0.25, 0.3) is 0 Å². The summed E-state index contributed by atoms with van der Waals surface area (Å²) < 4.78 is 0. The van der Waals surface area contributed by atoms with Gasteiger partial charge in [-0.3, -0.25) is 0 Å². The molecule has 1 aromatic heterocycles. The number of rotatable bonds is 4. The normalized spacial score (nSPS) is 10.2. The molecule has 0 aliphatic heterocycles. The van der Waals surface area contributed by atoms with E-state index in [9.17, 15) is 0 Å². The average Bonchev–Trinajstić information content (AvgIpc) is 2.34. The number of hydrogen-bond donors (Lipinski definition) is 2. The standard InChI is InChI=1S/C13H16N4/c1-10-2-7-13(17-16-10)15-9-8-11-3-5-12(14)6-4-11/h2-7H,8-9,14H2,1H3,(H,15,17). The maximum absolute atomic E-state index is 5.63. The molecule has 88 valence electrons. The number of nitrogen functional groups attached to an aromatic ring is 1. The van der Waals surface area contributed by atoms with Crippen LogP contribution < -0.4 is 11.1 Å². The Balaban J connectivity index is 1.83. The van der Waals surface area contributed by atoms with Crippen LogP contribution in [-0.2, 0) is 6.42 Å². The van der Waals surface area contributed by atoms with Crippen LogP contribution in [0.1, 0.15) is 11.3 Å². The van der Waals surface area contributed by atoms with Crippen LogP contribution in [0.4, 0.5) is 11.5 Å². The maximum Gasteiger partial charge on any atom is 0.148 e. The molecule has 2 rings (SSSR count). The molecule has 0 radical (unpaired) electrons. The van der Waals surface area contributed by atoms with Gasteiger partial charge in [-0.05, 0) is 43.2 Å². The molecule has 0 bridgehead atoms. The van der Waals surface area contributed by atoms with Crippen molar-refractivity contribution < 1.29 is 0 Å². The number of benzene rings is 1. The summed E-state index contributed by atoms with van der Waals surface area (Å²) in [7, 11) is 0. The van der Waals surface area contributed by atoms with Gasteiger partial charge in [0.15, 0.2) is 0 Å². The minimum atomic E-state index is 0.797. The van der Waals surface area contributed by atoms with Crippen LogP contribution in [0.2, 0.25) is 0 Å². The third kappa shape index (κ3) is 3.45. The number of hydrogen-bond acceptors (Lipinski definition) is 4. The fourth-order valence-electron chi connectivity index (χ4n) is 1.51. The van der Waals surface area contributed by atoms with Gasteiger partial charge in [-0.2, -0.15) is 5.10 Å². The van der Waals surface area contributed by atoms with E-state index in [4.69, 9.17) is 5.73 Å². The maximum atomic E-state index is 5.63. The molecule has 0 unspecified atom stereocenters. The Morgan fingerprint density at radius 1 is 1.06 bits per heavy atom. The predicted octanol–water partition coefficient (Wildman–Crippen LogP) is 2.02. The highest BCUT2D eigenvalue weighted by Gasteiger charge is 1.95. The van der Waals surface area contributed by atoms with Gasteiger partial charge in [-0.15, -0.1) is 5.10 Å². The van der Waals surface area contributed by atoms with E-state index in [1.807, 2.05) is 43.3 Å². The lowest BCUT2D eigenvalue weighted by Crippen LogP contribution is -2.07. The molecule has 17 heavy (non-hydrogen) atoms. The highest BCUT2D eigenvalue weighted by Crippen LogP contribution is 2.07. The Bertz CT molecular complexity index is 416. The summed E-state index contributed by atoms with van der Waals surface area (Å²) in [6.45, 7) is 2.76. The van der Waals surface area contributed by atoms with Gasteiger partial charge in [0, 0.05) is 12.2 Å². The van der Waals surface area contributed by atoms with Gasteiger partial charge in [0.05, 0.1) is 5.69 Å². The molecule has 0 atom stereocenters. The average molecular weight is 228 g/mol. The molecular weight excluding hydrogens is 212 g/mol. The smallest absolute Gasteiger partial charge is 0.148 e. The molecular formula is C13H16N4. The summed E-state index contributed by atoms with van der Waals surface area (Å²) >= 11 is 0. The molecule has 0 amide bonds. The second kappa shape index (κ2) is 5.30. The Hall–Kier alpha value is -2.10. The molecule has 0 spiro atoms. The monoisotopic (exact) mass is 228 g/mol. The van der Waals surface area contributed by atoms with E-state index in [1.165, 1.54) is 5.56 Å². The third-order valence-electron chi connectivity index (χ3n) is 2.50. The van der Waals surface area contributed by atoms with Crippen molar-refractivity contribution in [2.24, 2.45) is 0 Å². The van der Waals surface area contributed by atoms with E-state index in [2.05, 4.69) is 15.5 Å². The highest BCUT2D eigenvalue weighted by molar-refractivity contribution is 5.39. The van der Waals surface area contributed by atoms with Crippen molar-refractivity contribution in [2.75, 3.05) is 17.6 Å². The molecule has 1 heterocycles. The van der Waals surface area contributed by atoms with Gasteiger partial charge in [-0.25, -0.2) is 0 Å². The Labute approximate surface area is 101 Å². The highest BCUT2D eigenvalue weighted by atomic mass is 15.2. The largest absolute Gasteiger partial charge is 0.399 e. The molecule has 0 aliphatic rings. The molecule has 3 N–H and O–H groups in total. The van der Waals surface area contributed by atoms with Crippen LogP contribution in [0, 0.1) is 6.92 Å². The minimum Gasteiger partial charge on any atom is -0.399 e. The predicted molar refractivity (Wildman–Crippen MR) is 69.8 cm³/mol. The molecule has 0 saturated heterocycles. The van der Waals surface area contributed by atoms with Crippen LogP contribution in [0.25, 0.3) is 0 Å². The summed E-state index contributed by atoms with van der Waals surface area (Å²) in [5.74, 6) is 0.811. The second-order valence-electron chi connectivity index (χ2n) is 3.98. The lowest BCUT2D eigenvalue weighted by atomic mass is 10.1. The zero-order valence-corrected chi connectivity index (χ0v) is 9.85. The number of nitrogens with zero attached hydrogens (tertiary/aromatic N) is 2. The molecule has 4 heteroatoms. The van der Waals surface area contributed by atoms with Gasteiger partial charge in [-0.1, -0.05) is 12.1 Å². The first-order valence-corrected chi connectivity index (χ1v) is 5.63. The van der Waals surface area contributed by atoms with E-state index in [0.717, 1.165) is 30.2 Å². The van der Waals surface area contributed by atoms with Gasteiger partial charge in [0.2, 0.25) is 0 Å². The molecule has 0 saturated carbocycles. The van der Waals surface area contributed by atoms with Crippen molar-refractivity contribution in [3.05, 3.63) is 47.7 Å². The molecule has 4 nitrogen and oxygen atoms in total. The Kier molecular flexibility index (Phi) is 3.55. The van der Waals surface area contributed by atoms with Crippen LogP contribution in [0.15, 0.2) is 36.4 Å². The molecule has 2 aromatic rings. The van der Waals surface area contributed by atoms with Gasteiger partial charge >= 0.3 is 0 Å². The zero-order chi connectivity index (χ0) is 12.1. The van der Waals surface area contributed by atoms with E-state index >= 15 is 0 Å². The third-order valence-corrected chi connectivity index (χ3v) is 2.50. The number of aryl methyl sites for hydroxylation is 1. The molecule has 0 aliphatic carbocycles. The van der Waals surface area contributed by atoms with Crippen molar-refractivity contribution in [2.45, 2.75) is 13.3 Å². The molecule has 1 aromatic carbocycles. The minimum absolute atomic E-state index is 0.797. The van der Waals surface area contributed by atoms with Crippen molar-refractivity contribution >= 4 is 11.5 Å². The Morgan fingerprint density at radius 2 is 1.82 bits per heavy atom. The van der Waals surface area contributed by atoms with E-state index in [1.54, 1.807) is 0 Å². The van der Waals surface area contributed by atoms with Crippen LogP contribution in [0.5, 0.6) is 0 Å². The van der Waals surface area contributed by atoms with Crippen LogP contribution in [-0.4, -0.2) is 16.7 Å². The summed E-state index contributed by atoms with van der Waals surface area (Å²) in [5, 5.41) is 11.3. The first-order chi connectivity index (χ1) is 8.24. The number of nitrogens with two attached hydrogens (primary N) is 1. The topological polar surface area (TPSA) is 63.8 Å². The number of nitrogens with one attached hydrogen (secondary N) is 1. The lowest BCUT2D eigenvalue weighted by Gasteiger charge is -2.05. The first-order valence-electron chi connectivity index (χ1n) is 5.63. The SMILES string of the molecule is Cc1ccc(NCCc2ccc(N)cc2)nn1. The van der Waals surface area contributed by atoms with Crippen LogP contribution in [0.3, 0.4) is 0 Å². The number of aromatic nitrogens is 2. The summed E-state index contributed by atoms with van der Waals surface area (Å²) in [6.07, 6.45) is 0.940. The summed E-state index contributed by atoms with van der Waals surface area (Å²) in [5.41, 5.74) is 8.61. The fraction of sp³-hybridized carbons (Fsp3) is 0.231. The van der Waals surface area contributed by atoms with Crippen molar-refractivity contribution in [3.63, 3.8) is 0 Å². The van der Waals surface area contributed by atoms with E-state index in [0.29, 0.717) is 0 Å². The lowest BCUT2D eigenvalue weighted by molar-refractivity contribution is 0.945. The van der Waals surface area contributed by atoms with Crippen molar-refractivity contribution in [3.8, 4) is 0 Å². The number of anilines is 2. The summed E-state index contributed by atoms with van der Waals surface area (Å²) in [4.78, 5) is 0. The van der Waals surface area contributed by atoms with Crippen molar-refractivity contribution in [1.29, 1.82) is 0 Å². The summed E-state index contributed by atoms with van der Waals surface area (Å²) in [6, 6.07) is 11.8. The van der Waals surface area contributed by atoms with E-state index < -0.39 is 0 Å². The van der Waals surface area contributed by atoms with Crippen LogP contribution >= 0.6 is 0 Å². The van der Waals surface area contributed by atoms with Crippen molar-refractivity contribution in [1.82, 2.24) is 10.2 Å². The second-order valence-corrected chi connectivity index (χ2v) is 3.98. The van der Waals surface area contributed by atoms with Gasteiger partial charge in [0.1, 0.15) is 5.82 Å². The molecule has 0 fully saturated rings. The van der Waals surface area contributed by atoms with E-state index in [-0.39, 0.29) is 0 Å². The zero-order valence-electron chi connectivity index (χ0n) is 9.85. The quantitative estimate of drug-likeness (QED) is 0.786. The first kappa shape index (κ1) is 11.4. The Morgan fingerprint density at radius 3 is 2.47 bits per heavy atom. The van der Waals surface area contributed by atoms with Gasteiger partial charge < -0.3 is 11.1 Å². The fourth-order valence-corrected chi connectivity index (χ4v) is 1.51.